The predicted octanol–water partition coefficient (Wildman–Crippen LogP) is 4.67. The van der Waals surface area contributed by atoms with Gasteiger partial charge < -0.3 is 14.4 Å². The molecule has 0 radical (unpaired) electrons. The largest absolute Gasteiger partial charge is 0.497 e. The molecule has 0 fully saturated rings. The molecule has 0 bridgehead atoms. The average Bonchev–Trinajstić information content (AvgIpc) is 3.35. The van der Waals surface area contributed by atoms with Crippen molar-refractivity contribution in [3.63, 3.8) is 0 Å². The van der Waals surface area contributed by atoms with Crippen LogP contribution in [0.2, 0.25) is 0 Å². The van der Waals surface area contributed by atoms with Gasteiger partial charge in [-0.25, -0.2) is 8.42 Å². The molecule has 2 heterocycles. The lowest BCUT2D eigenvalue weighted by Gasteiger charge is -2.37. The molecule has 0 saturated carbocycles. The van der Waals surface area contributed by atoms with E-state index in [1.165, 1.54) is 28.4 Å². The van der Waals surface area contributed by atoms with E-state index in [9.17, 15) is 13.2 Å². The Labute approximate surface area is 217 Å². The first-order valence-corrected chi connectivity index (χ1v) is 14.2. The van der Waals surface area contributed by atoms with Crippen molar-refractivity contribution in [1.82, 2.24) is 9.21 Å². The van der Waals surface area contributed by atoms with Crippen LogP contribution in [0, 0.1) is 6.92 Å². The van der Waals surface area contributed by atoms with Crippen LogP contribution >= 0.6 is 11.3 Å². The van der Waals surface area contributed by atoms with Gasteiger partial charge in [0.2, 0.25) is 15.9 Å². The number of para-hydroxylation sites is 1. The zero-order valence-electron chi connectivity index (χ0n) is 21.0. The van der Waals surface area contributed by atoms with E-state index in [-0.39, 0.29) is 23.4 Å². The number of hydrogen-bond donors (Lipinski definition) is 0. The molecular formula is C27H32N2O5S2. The number of nitrogens with zero attached hydrogens (tertiary/aromatic N) is 2. The number of fused-ring (bicyclic) bond motifs is 1. The molecule has 0 spiro atoms. The number of sulfonamides is 1. The number of methoxy groups -OCH3 is 1. The first-order valence-electron chi connectivity index (χ1n) is 11.9. The Morgan fingerprint density at radius 2 is 1.86 bits per heavy atom. The van der Waals surface area contributed by atoms with Crippen LogP contribution in [0.15, 0.2) is 64.9 Å². The molecule has 1 atom stereocenters. The Kier molecular flexibility index (Phi) is 8.02. The second-order valence-electron chi connectivity index (χ2n) is 9.05. The van der Waals surface area contributed by atoms with Gasteiger partial charge in [0, 0.05) is 17.5 Å². The maximum absolute atomic E-state index is 13.7. The number of thiophene rings is 1. The molecule has 1 aliphatic rings. The van der Waals surface area contributed by atoms with Crippen molar-refractivity contribution in [2.24, 2.45) is 0 Å². The fraction of sp³-hybridized carbons (Fsp3) is 0.370. The first-order chi connectivity index (χ1) is 17.2. The van der Waals surface area contributed by atoms with Crippen LogP contribution in [0.25, 0.3) is 0 Å². The van der Waals surface area contributed by atoms with Crippen LogP contribution in [0.4, 0.5) is 0 Å². The summed E-state index contributed by atoms with van der Waals surface area (Å²) in [6.07, 6.45) is 0.743. The third-order valence-corrected chi connectivity index (χ3v) is 9.47. The molecule has 1 aliphatic heterocycles. The number of rotatable bonds is 9. The summed E-state index contributed by atoms with van der Waals surface area (Å²) >= 11 is 1.68. The number of carbonyl (C=O) groups is 1. The topological polar surface area (TPSA) is 76.2 Å². The van der Waals surface area contributed by atoms with Crippen LogP contribution in [0.5, 0.6) is 11.5 Å². The molecule has 2 aromatic carbocycles. The zero-order chi connectivity index (χ0) is 25.9. The van der Waals surface area contributed by atoms with E-state index >= 15 is 0 Å². The van der Waals surface area contributed by atoms with Gasteiger partial charge in [-0.15, -0.1) is 11.3 Å². The third-order valence-electron chi connectivity index (χ3n) is 6.44. The van der Waals surface area contributed by atoms with Gasteiger partial charge in [-0.05, 0) is 80.1 Å². The third kappa shape index (κ3) is 5.43. The summed E-state index contributed by atoms with van der Waals surface area (Å²) in [5.74, 6) is 1.10. The number of amides is 1. The Balaban J connectivity index is 1.57. The van der Waals surface area contributed by atoms with E-state index in [1.807, 2.05) is 42.6 Å². The highest BCUT2D eigenvalue weighted by molar-refractivity contribution is 7.89. The Bertz CT molecular complexity index is 1300. The van der Waals surface area contributed by atoms with Gasteiger partial charge in [-0.1, -0.05) is 18.2 Å². The molecule has 7 nitrogen and oxygen atoms in total. The van der Waals surface area contributed by atoms with Gasteiger partial charge in [0.25, 0.3) is 0 Å². The minimum Gasteiger partial charge on any atom is -0.497 e. The summed E-state index contributed by atoms with van der Waals surface area (Å²) in [6, 6.07) is 15.4. The van der Waals surface area contributed by atoms with Gasteiger partial charge in [0.05, 0.1) is 24.6 Å². The summed E-state index contributed by atoms with van der Waals surface area (Å²) in [5.41, 5.74) is 2.09. The summed E-state index contributed by atoms with van der Waals surface area (Å²) in [6.45, 7) is 6.11. The molecule has 36 heavy (non-hydrogen) atoms. The van der Waals surface area contributed by atoms with E-state index in [4.69, 9.17) is 9.47 Å². The quantitative estimate of drug-likeness (QED) is 0.404. The highest BCUT2D eigenvalue weighted by Crippen LogP contribution is 2.34. The number of hydrogen-bond acceptors (Lipinski definition) is 6. The molecule has 0 N–H and O–H groups in total. The average molecular weight is 529 g/mol. The lowest BCUT2D eigenvalue weighted by atomic mass is 10.0. The monoisotopic (exact) mass is 528 g/mol. The van der Waals surface area contributed by atoms with Crippen molar-refractivity contribution >= 4 is 27.3 Å². The SMILES string of the molecule is COc1ccc(S(=O)(=O)N(CC(=O)N2CCc3sccc3[C@H]2COc2ccccc2C)C(C)C)cc1. The van der Waals surface area contributed by atoms with Crippen molar-refractivity contribution < 1.29 is 22.7 Å². The first kappa shape index (κ1) is 26.2. The molecule has 4 rings (SSSR count). The Morgan fingerprint density at radius 1 is 1.14 bits per heavy atom. The summed E-state index contributed by atoms with van der Waals surface area (Å²) in [5, 5.41) is 2.04. The van der Waals surface area contributed by atoms with E-state index in [1.54, 1.807) is 42.2 Å². The molecule has 3 aromatic rings. The molecule has 1 aromatic heterocycles. The minimum atomic E-state index is -3.89. The number of benzene rings is 2. The molecule has 1 amide bonds. The molecular weight excluding hydrogens is 496 g/mol. The molecule has 0 unspecified atom stereocenters. The zero-order valence-corrected chi connectivity index (χ0v) is 22.6. The molecule has 0 aliphatic carbocycles. The molecule has 0 saturated heterocycles. The molecule has 192 valence electrons. The number of ether oxygens (including phenoxy) is 2. The van der Waals surface area contributed by atoms with Crippen molar-refractivity contribution in [3.05, 3.63) is 76.0 Å². The van der Waals surface area contributed by atoms with E-state index in [2.05, 4.69) is 0 Å². The predicted molar refractivity (Wildman–Crippen MR) is 141 cm³/mol. The van der Waals surface area contributed by atoms with Crippen molar-refractivity contribution in [2.75, 3.05) is 26.8 Å². The van der Waals surface area contributed by atoms with Crippen molar-refractivity contribution in [3.8, 4) is 11.5 Å². The number of aryl methyl sites for hydroxylation is 1. The van der Waals surface area contributed by atoms with Crippen LogP contribution < -0.4 is 9.47 Å². The van der Waals surface area contributed by atoms with Crippen LogP contribution in [0.1, 0.15) is 35.9 Å². The number of carbonyl (C=O) groups excluding carboxylic acids is 1. The maximum atomic E-state index is 13.7. The highest BCUT2D eigenvalue weighted by Gasteiger charge is 2.36. The van der Waals surface area contributed by atoms with Gasteiger partial charge in [0.1, 0.15) is 18.1 Å². The standard InChI is InChI=1S/C27H32N2O5S2/c1-19(2)29(36(31,32)22-11-9-21(33-4)10-12-22)17-27(30)28-15-13-26-23(14-16-35-26)24(28)18-34-25-8-6-5-7-20(25)3/h5-12,14,16,19,24H,13,15,17-18H2,1-4H3/t24-/m1/s1. The summed E-state index contributed by atoms with van der Waals surface area (Å²) < 4.78 is 39.5. The Hall–Kier alpha value is -2.88. The van der Waals surface area contributed by atoms with Crippen LogP contribution in [0.3, 0.4) is 0 Å². The summed E-state index contributed by atoms with van der Waals surface area (Å²) in [4.78, 5) is 16.8. The van der Waals surface area contributed by atoms with E-state index < -0.39 is 16.1 Å². The van der Waals surface area contributed by atoms with Crippen molar-refractivity contribution in [1.29, 1.82) is 0 Å². The minimum absolute atomic E-state index is 0.128. The normalized spacial score (nSPS) is 15.7. The van der Waals surface area contributed by atoms with Gasteiger partial charge in [0.15, 0.2) is 0 Å². The van der Waals surface area contributed by atoms with Crippen LogP contribution in [-0.4, -0.2) is 56.4 Å². The van der Waals surface area contributed by atoms with Gasteiger partial charge >= 0.3 is 0 Å². The van der Waals surface area contributed by atoms with Gasteiger partial charge in [-0.2, -0.15) is 4.31 Å². The van der Waals surface area contributed by atoms with E-state index in [0.717, 1.165) is 23.3 Å². The second kappa shape index (κ2) is 11.0. The van der Waals surface area contributed by atoms with Crippen molar-refractivity contribution in [2.45, 2.75) is 44.2 Å². The lowest BCUT2D eigenvalue weighted by Crippen LogP contribution is -2.49. The highest BCUT2D eigenvalue weighted by atomic mass is 32.2. The fourth-order valence-corrected chi connectivity index (χ4v) is 6.93. The lowest BCUT2D eigenvalue weighted by molar-refractivity contribution is -0.135. The summed E-state index contributed by atoms with van der Waals surface area (Å²) in [7, 11) is -2.36. The fourth-order valence-electron chi connectivity index (χ4n) is 4.41. The maximum Gasteiger partial charge on any atom is 0.243 e. The van der Waals surface area contributed by atoms with Gasteiger partial charge in [-0.3, -0.25) is 4.79 Å². The Morgan fingerprint density at radius 3 is 2.53 bits per heavy atom. The van der Waals surface area contributed by atoms with Crippen LogP contribution in [-0.2, 0) is 21.2 Å². The smallest absolute Gasteiger partial charge is 0.243 e. The molecule has 9 heteroatoms. The van der Waals surface area contributed by atoms with E-state index in [0.29, 0.717) is 18.9 Å². The second-order valence-corrected chi connectivity index (χ2v) is 11.9.